The molecule has 1 aromatic carbocycles. The predicted octanol–water partition coefficient (Wildman–Crippen LogP) is 1.77. The molecule has 5 nitrogen and oxygen atoms in total. The SMILES string of the molecule is Nc1ccc(OCC2CCOCC2)cc1C(=O)O. The van der Waals surface area contributed by atoms with E-state index >= 15 is 0 Å². The number of carboxylic acids is 1. The van der Waals surface area contributed by atoms with Gasteiger partial charge < -0.3 is 20.3 Å². The van der Waals surface area contributed by atoms with E-state index in [2.05, 4.69) is 0 Å². The van der Waals surface area contributed by atoms with E-state index in [-0.39, 0.29) is 11.3 Å². The van der Waals surface area contributed by atoms with Gasteiger partial charge in [0, 0.05) is 18.9 Å². The fourth-order valence-electron chi connectivity index (χ4n) is 1.94. The summed E-state index contributed by atoms with van der Waals surface area (Å²) in [6.45, 7) is 2.14. The van der Waals surface area contributed by atoms with E-state index in [1.165, 1.54) is 6.07 Å². The number of anilines is 1. The number of nitrogens with two attached hydrogens (primary N) is 1. The lowest BCUT2D eigenvalue weighted by Crippen LogP contribution is -2.21. The molecule has 1 saturated heterocycles. The number of benzene rings is 1. The third-order valence-corrected chi connectivity index (χ3v) is 3.08. The maximum Gasteiger partial charge on any atom is 0.337 e. The number of ether oxygens (including phenoxy) is 2. The lowest BCUT2D eigenvalue weighted by molar-refractivity contribution is 0.0497. The van der Waals surface area contributed by atoms with Crippen LogP contribution in [0.4, 0.5) is 5.69 Å². The standard InChI is InChI=1S/C13H17NO4/c14-12-2-1-10(7-11(12)13(15)16)18-8-9-3-5-17-6-4-9/h1-2,7,9H,3-6,8,14H2,(H,15,16). The molecule has 3 N–H and O–H groups in total. The number of hydrogen-bond donors (Lipinski definition) is 2. The van der Waals surface area contributed by atoms with Crippen LogP contribution in [0, 0.1) is 5.92 Å². The van der Waals surface area contributed by atoms with Gasteiger partial charge in [0.15, 0.2) is 0 Å². The molecule has 1 aliphatic rings. The molecule has 0 bridgehead atoms. The van der Waals surface area contributed by atoms with Gasteiger partial charge in [-0.25, -0.2) is 4.79 Å². The lowest BCUT2D eigenvalue weighted by atomic mass is 10.0. The van der Waals surface area contributed by atoms with Crippen molar-refractivity contribution in [2.24, 2.45) is 5.92 Å². The fourth-order valence-corrected chi connectivity index (χ4v) is 1.94. The molecule has 1 aromatic rings. The molecule has 0 spiro atoms. The zero-order valence-electron chi connectivity index (χ0n) is 10.1. The second kappa shape index (κ2) is 5.73. The Morgan fingerprint density at radius 1 is 1.44 bits per heavy atom. The maximum absolute atomic E-state index is 10.9. The largest absolute Gasteiger partial charge is 0.493 e. The first-order valence-corrected chi connectivity index (χ1v) is 6.00. The normalized spacial score (nSPS) is 16.4. The van der Waals surface area contributed by atoms with Crippen LogP contribution in [0.2, 0.25) is 0 Å². The van der Waals surface area contributed by atoms with E-state index in [1.54, 1.807) is 12.1 Å². The minimum absolute atomic E-state index is 0.0828. The Morgan fingerprint density at radius 3 is 2.83 bits per heavy atom. The van der Waals surface area contributed by atoms with Gasteiger partial charge in [-0.3, -0.25) is 0 Å². The smallest absolute Gasteiger partial charge is 0.337 e. The summed E-state index contributed by atoms with van der Waals surface area (Å²) in [7, 11) is 0. The summed E-state index contributed by atoms with van der Waals surface area (Å²) in [6, 6.07) is 4.72. The molecule has 0 aliphatic carbocycles. The van der Waals surface area contributed by atoms with Gasteiger partial charge in [0.2, 0.25) is 0 Å². The molecule has 1 aliphatic heterocycles. The van der Waals surface area contributed by atoms with E-state index in [1.807, 2.05) is 0 Å². The van der Waals surface area contributed by atoms with E-state index in [9.17, 15) is 4.79 Å². The van der Waals surface area contributed by atoms with Gasteiger partial charge in [-0.1, -0.05) is 0 Å². The number of carbonyl (C=O) groups is 1. The molecule has 0 unspecified atom stereocenters. The number of rotatable bonds is 4. The summed E-state index contributed by atoms with van der Waals surface area (Å²) in [6.07, 6.45) is 1.97. The van der Waals surface area contributed by atoms with E-state index in [0.717, 1.165) is 26.1 Å². The Labute approximate surface area is 106 Å². The van der Waals surface area contributed by atoms with Gasteiger partial charge in [-0.05, 0) is 37.0 Å². The highest BCUT2D eigenvalue weighted by Crippen LogP contribution is 2.22. The Balaban J connectivity index is 1.96. The molecule has 1 heterocycles. The molecule has 0 aromatic heterocycles. The van der Waals surface area contributed by atoms with Crippen LogP contribution in [0.25, 0.3) is 0 Å². The first kappa shape index (κ1) is 12.7. The summed E-state index contributed by atoms with van der Waals surface area (Å²) >= 11 is 0. The van der Waals surface area contributed by atoms with Gasteiger partial charge in [-0.15, -0.1) is 0 Å². The summed E-state index contributed by atoms with van der Waals surface area (Å²) < 4.78 is 10.9. The van der Waals surface area contributed by atoms with Crippen molar-refractivity contribution in [3.05, 3.63) is 23.8 Å². The molecule has 0 amide bonds. The van der Waals surface area contributed by atoms with E-state index in [4.69, 9.17) is 20.3 Å². The van der Waals surface area contributed by atoms with Gasteiger partial charge >= 0.3 is 5.97 Å². The number of aromatic carboxylic acids is 1. The molecular weight excluding hydrogens is 234 g/mol. The van der Waals surface area contributed by atoms with Crippen molar-refractivity contribution < 1.29 is 19.4 Å². The average molecular weight is 251 g/mol. The Hall–Kier alpha value is -1.75. The van der Waals surface area contributed by atoms with Crippen LogP contribution in [-0.2, 0) is 4.74 Å². The number of carboxylic acid groups (broad SMARTS) is 1. The zero-order valence-corrected chi connectivity index (χ0v) is 10.1. The molecular formula is C13H17NO4. The Bertz CT molecular complexity index is 427. The average Bonchev–Trinajstić information content (AvgIpc) is 2.38. The van der Waals surface area contributed by atoms with Crippen LogP contribution in [-0.4, -0.2) is 30.9 Å². The molecule has 18 heavy (non-hydrogen) atoms. The van der Waals surface area contributed by atoms with Gasteiger partial charge in [0.1, 0.15) is 5.75 Å². The van der Waals surface area contributed by atoms with Crippen LogP contribution in [0.5, 0.6) is 5.75 Å². The second-order valence-electron chi connectivity index (χ2n) is 4.42. The van der Waals surface area contributed by atoms with Crippen LogP contribution in [0.15, 0.2) is 18.2 Å². The van der Waals surface area contributed by atoms with E-state index < -0.39 is 5.97 Å². The van der Waals surface area contributed by atoms with Crippen LogP contribution in [0.1, 0.15) is 23.2 Å². The zero-order chi connectivity index (χ0) is 13.0. The Kier molecular flexibility index (Phi) is 4.04. The van der Waals surface area contributed by atoms with Crippen molar-refractivity contribution in [3.63, 3.8) is 0 Å². The van der Waals surface area contributed by atoms with Crippen molar-refractivity contribution in [2.45, 2.75) is 12.8 Å². The fraction of sp³-hybridized carbons (Fsp3) is 0.462. The molecule has 0 atom stereocenters. The molecule has 98 valence electrons. The number of nitrogen functional groups attached to an aromatic ring is 1. The van der Waals surface area contributed by atoms with Crippen LogP contribution < -0.4 is 10.5 Å². The third kappa shape index (κ3) is 3.13. The quantitative estimate of drug-likeness (QED) is 0.797. The van der Waals surface area contributed by atoms with E-state index in [0.29, 0.717) is 18.3 Å². The highest BCUT2D eigenvalue weighted by molar-refractivity contribution is 5.94. The Morgan fingerprint density at radius 2 is 2.17 bits per heavy atom. The summed E-state index contributed by atoms with van der Waals surface area (Å²) in [5.74, 6) is -0.0123. The monoisotopic (exact) mass is 251 g/mol. The highest BCUT2D eigenvalue weighted by Gasteiger charge is 2.15. The van der Waals surface area contributed by atoms with Crippen molar-refractivity contribution in [2.75, 3.05) is 25.6 Å². The van der Waals surface area contributed by atoms with Crippen molar-refractivity contribution >= 4 is 11.7 Å². The minimum Gasteiger partial charge on any atom is -0.493 e. The van der Waals surface area contributed by atoms with Crippen molar-refractivity contribution in [1.82, 2.24) is 0 Å². The molecule has 0 radical (unpaired) electrons. The van der Waals surface area contributed by atoms with Gasteiger partial charge in [-0.2, -0.15) is 0 Å². The molecule has 1 fully saturated rings. The van der Waals surface area contributed by atoms with Crippen molar-refractivity contribution in [1.29, 1.82) is 0 Å². The molecule has 0 saturated carbocycles. The summed E-state index contributed by atoms with van der Waals surface area (Å²) in [5.41, 5.74) is 5.91. The first-order valence-electron chi connectivity index (χ1n) is 6.00. The molecule has 2 rings (SSSR count). The minimum atomic E-state index is -1.04. The van der Waals surface area contributed by atoms with Gasteiger partial charge in [0.05, 0.1) is 12.2 Å². The molecule has 5 heteroatoms. The highest BCUT2D eigenvalue weighted by atomic mass is 16.5. The lowest BCUT2D eigenvalue weighted by Gasteiger charge is -2.22. The maximum atomic E-state index is 10.9. The topological polar surface area (TPSA) is 81.8 Å². The number of hydrogen-bond acceptors (Lipinski definition) is 4. The van der Waals surface area contributed by atoms with Crippen molar-refractivity contribution in [3.8, 4) is 5.75 Å². The summed E-state index contributed by atoms with van der Waals surface area (Å²) in [5, 5.41) is 8.95. The van der Waals surface area contributed by atoms with Gasteiger partial charge in [0.25, 0.3) is 0 Å². The first-order chi connectivity index (χ1) is 8.66. The summed E-state index contributed by atoms with van der Waals surface area (Å²) in [4.78, 5) is 10.9. The second-order valence-corrected chi connectivity index (χ2v) is 4.42. The van der Waals surface area contributed by atoms with Crippen LogP contribution >= 0.6 is 0 Å². The third-order valence-electron chi connectivity index (χ3n) is 3.08. The predicted molar refractivity (Wildman–Crippen MR) is 66.9 cm³/mol. The van der Waals surface area contributed by atoms with Crippen LogP contribution in [0.3, 0.4) is 0 Å².